The summed E-state index contributed by atoms with van der Waals surface area (Å²) in [6.45, 7) is 2.88. The zero-order chi connectivity index (χ0) is 14.1. The van der Waals surface area contributed by atoms with Gasteiger partial charge in [0.2, 0.25) is 0 Å². The summed E-state index contributed by atoms with van der Waals surface area (Å²) in [5.41, 5.74) is 8.30. The van der Waals surface area contributed by atoms with Crippen LogP contribution in [-0.2, 0) is 0 Å². The summed E-state index contributed by atoms with van der Waals surface area (Å²) in [6.07, 6.45) is 6.75. The number of aromatic nitrogens is 2. The number of hydrogen-bond acceptors (Lipinski definition) is 5. The highest BCUT2D eigenvalue weighted by Gasteiger charge is 2.29. The van der Waals surface area contributed by atoms with Gasteiger partial charge in [-0.25, -0.2) is 9.97 Å². The van der Waals surface area contributed by atoms with Crippen molar-refractivity contribution in [2.24, 2.45) is 11.7 Å². The van der Waals surface area contributed by atoms with E-state index in [2.05, 4.69) is 34.2 Å². The van der Waals surface area contributed by atoms with Gasteiger partial charge in [-0.2, -0.15) is 0 Å². The van der Waals surface area contributed by atoms with Crippen LogP contribution in [0.2, 0.25) is 0 Å². The first-order chi connectivity index (χ1) is 9.72. The van der Waals surface area contributed by atoms with Crippen molar-refractivity contribution in [2.45, 2.75) is 38.6 Å². The van der Waals surface area contributed by atoms with Crippen molar-refractivity contribution in [3.63, 3.8) is 0 Å². The van der Waals surface area contributed by atoms with Crippen molar-refractivity contribution in [2.75, 3.05) is 18.5 Å². The Labute approximate surface area is 124 Å². The molecule has 2 N–H and O–H groups in total. The fourth-order valence-electron chi connectivity index (χ4n) is 3.34. The van der Waals surface area contributed by atoms with Crippen molar-refractivity contribution < 1.29 is 0 Å². The number of anilines is 1. The molecule has 2 aromatic heterocycles. The lowest BCUT2D eigenvalue weighted by Gasteiger charge is -2.38. The Morgan fingerprint density at radius 1 is 1.35 bits per heavy atom. The molecule has 0 bridgehead atoms. The number of hydrogen-bond donors (Lipinski definition) is 1. The highest BCUT2D eigenvalue weighted by Crippen LogP contribution is 2.35. The van der Waals surface area contributed by atoms with Gasteiger partial charge in [0.25, 0.3) is 0 Å². The van der Waals surface area contributed by atoms with Crippen molar-refractivity contribution in [1.82, 2.24) is 9.97 Å². The summed E-state index contributed by atoms with van der Waals surface area (Å²) in [5, 5.41) is 2.16. The van der Waals surface area contributed by atoms with E-state index in [1.807, 2.05) is 0 Å². The molecule has 0 amide bonds. The Kier molecular flexibility index (Phi) is 3.89. The molecule has 1 aliphatic rings. The molecule has 0 radical (unpaired) electrons. The van der Waals surface area contributed by atoms with Gasteiger partial charge >= 0.3 is 0 Å². The van der Waals surface area contributed by atoms with Crippen LogP contribution in [0.3, 0.4) is 0 Å². The summed E-state index contributed by atoms with van der Waals surface area (Å²) in [6, 6.07) is 0.509. The molecule has 20 heavy (non-hydrogen) atoms. The first-order valence-electron chi connectivity index (χ1n) is 7.34. The lowest BCUT2D eigenvalue weighted by molar-refractivity contribution is 0.306. The van der Waals surface area contributed by atoms with E-state index < -0.39 is 0 Å². The number of nitrogens with zero attached hydrogens (tertiary/aromatic N) is 3. The zero-order valence-corrected chi connectivity index (χ0v) is 13.0. The molecule has 2 aromatic rings. The molecule has 0 saturated heterocycles. The molecule has 1 fully saturated rings. The number of fused-ring (bicyclic) bond motifs is 1. The predicted molar refractivity (Wildman–Crippen MR) is 85.4 cm³/mol. The van der Waals surface area contributed by atoms with Crippen molar-refractivity contribution >= 4 is 27.4 Å². The molecule has 4 nitrogen and oxygen atoms in total. The van der Waals surface area contributed by atoms with Crippen LogP contribution in [0.15, 0.2) is 11.7 Å². The van der Waals surface area contributed by atoms with Crippen LogP contribution in [0.25, 0.3) is 10.2 Å². The summed E-state index contributed by atoms with van der Waals surface area (Å²) in [4.78, 5) is 11.3. The fourth-order valence-corrected chi connectivity index (χ4v) is 4.37. The molecule has 0 aromatic carbocycles. The maximum absolute atomic E-state index is 5.97. The lowest BCUT2D eigenvalue weighted by Crippen LogP contribution is -2.43. The normalized spacial score (nSPS) is 23.1. The van der Waals surface area contributed by atoms with E-state index in [-0.39, 0.29) is 0 Å². The molecule has 5 heteroatoms. The van der Waals surface area contributed by atoms with Crippen LogP contribution in [-0.4, -0.2) is 29.6 Å². The van der Waals surface area contributed by atoms with E-state index in [0.29, 0.717) is 12.0 Å². The molecule has 1 aliphatic carbocycles. The molecular weight excluding hydrogens is 268 g/mol. The maximum atomic E-state index is 5.97. The van der Waals surface area contributed by atoms with Crippen molar-refractivity contribution in [3.05, 3.63) is 17.3 Å². The minimum Gasteiger partial charge on any atom is -0.355 e. The van der Waals surface area contributed by atoms with E-state index in [1.54, 1.807) is 17.7 Å². The summed E-state index contributed by atoms with van der Waals surface area (Å²) in [5.74, 6) is 1.65. The maximum Gasteiger partial charge on any atom is 0.150 e. The first kappa shape index (κ1) is 13.8. The summed E-state index contributed by atoms with van der Waals surface area (Å²) in [7, 11) is 2.16. The quantitative estimate of drug-likeness (QED) is 0.944. The number of rotatable bonds is 3. The average Bonchev–Trinajstić information content (AvgIpc) is 2.88. The average molecular weight is 290 g/mol. The predicted octanol–water partition coefficient (Wildman–Crippen LogP) is 2.95. The Morgan fingerprint density at radius 2 is 2.15 bits per heavy atom. The monoisotopic (exact) mass is 290 g/mol. The Bertz CT molecular complexity index is 595. The van der Waals surface area contributed by atoms with E-state index in [4.69, 9.17) is 5.73 Å². The minimum atomic E-state index is 0.509. The third-order valence-corrected chi connectivity index (χ3v) is 5.60. The van der Waals surface area contributed by atoms with Gasteiger partial charge in [0.1, 0.15) is 12.1 Å². The van der Waals surface area contributed by atoms with E-state index in [1.165, 1.54) is 35.9 Å². The third-order valence-electron chi connectivity index (χ3n) is 4.52. The smallest absolute Gasteiger partial charge is 0.150 e. The first-order valence-corrected chi connectivity index (χ1v) is 8.22. The SMILES string of the molecule is Cc1csc2c(N(C)C3CCCCC3CN)ncnc12. The van der Waals surface area contributed by atoms with E-state index in [0.717, 1.165) is 17.9 Å². The molecule has 0 spiro atoms. The van der Waals surface area contributed by atoms with Crippen LogP contribution < -0.4 is 10.6 Å². The zero-order valence-electron chi connectivity index (χ0n) is 12.2. The van der Waals surface area contributed by atoms with Crippen molar-refractivity contribution in [3.8, 4) is 0 Å². The molecule has 2 unspecified atom stereocenters. The molecular formula is C15H22N4S. The van der Waals surface area contributed by atoms with Gasteiger partial charge in [-0.1, -0.05) is 12.8 Å². The van der Waals surface area contributed by atoms with Gasteiger partial charge in [-0.3, -0.25) is 0 Å². The molecule has 2 heterocycles. The van der Waals surface area contributed by atoms with E-state index >= 15 is 0 Å². The van der Waals surface area contributed by atoms with Gasteiger partial charge in [0.15, 0.2) is 0 Å². The van der Waals surface area contributed by atoms with Gasteiger partial charge in [0, 0.05) is 13.1 Å². The van der Waals surface area contributed by atoms with Crippen LogP contribution in [0.5, 0.6) is 0 Å². The second kappa shape index (κ2) is 5.66. The summed E-state index contributed by atoms with van der Waals surface area (Å²) >= 11 is 1.74. The Morgan fingerprint density at radius 3 is 2.95 bits per heavy atom. The van der Waals surface area contributed by atoms with Crippen LogP contribution in [0.4, 0.5) is 5.82 Å². The summed E-state index contributed by atoms with van der Waals surface area (Å²) < 4.78 is 1.20. The molecule has 0 aliphatic heterocycles. The van der Waals surface area contributed by atoms with Crippen LogP contribution in [0.1, 0.15) is 31.2 Å². The number of aryl methyl sites for hydroxylation is 1. The van der Waals surface area contributed by atoms with Gasteiger partial charge in [-0.05, 0) is 43.2 Å². The van der Waals surface area contributed by atoms with Crippen molar-refractivity contribution in [1.29, 1.82) is 0 Å². The third kappa shape index (κ3) is 2.29. The minimum absolute atomic E-state index is 0.509. The van der Waals surface area contributed by atoms with Gasteiger partial charge < -0.3 is 10.6 Å². The highest BCUT2D eigenvalue weighted by molar-refractivity contribution is 7.18. The second-order valence-electron chi connectivity index (χ2n) is 5.75. The largest absolute Gasteiger partial charge is 0.355 e. The molecule has 3 rings (SSSR count). The fraction of sp³-hybridized carbons (Fsp3) is 0.600. The molecule has 2 atom stereocenters. The lowest BCUT2D eigenvalue weighted by atomic mass is 9.84. The van der Waals surface area contributed by atoms with E-state index in [9.17, 15) is 0 Å². The topological polar surface area (TPSA) is 55.0 Å². The standard InChI is InChI=1S/C15H22N4S/c1-10-8-20-14-13(10)17-9-18-15(14)19(2)12-6-4-3-5-11(12)7-16/h8-9,11-12H,3-7,16H2,1-2H3. The highest BCUT2D eigenvalue weighted by atomic mass is 32.1. The molecule has 108 valence electrons. The Hall–Kier alpha value is -1.20. The van der Waals surface area contributed by atoms with Crippen LogP contribution in [0, 0.1) is 12.8 Å². The van der Waals surface area contributed by atoms with Gasteiger partial charge in [0.05, 0.1) is 10.2 Å². The number of thiophene rings is 1. The Balaban J connectivity index is 1.97. The van der Waals surface area contributed by atoms with Crippen LogP contribution >= 0.6 is 11.3 Å². The second-order valence-corrected chi connectivity index (χ2v) is 6.63. The number of nitrogens with two attached hydrogens (primary N) is 1. The molecule has 1 saturated carbocycles. The van der Waals surface area contributed by atoms with Gasteiger partial charge in [-0.15, -0.1) is 11.3 Å².